The number of benzene rings is 1. The maximum absolute atomic E-state index is 11.3. The van der Waals surface area contributed by atoms with E-state index in [0.29, 0.717) is 25.7 Å². The molecule has 0 unspecified atom stereocenters. The fraction of sp³-hybridized carbons (Fsp3) is 0.500. The lowest BCUT2D eigenvalue weighted by Gasteiger charge is -2.16. The van der Waals surface area contributed by atoms with E-state index < -0.39 is 23.8 Å². The van der Waals surface area contributed by atoms with Gasteiger partial charge in [0.15, 0.2) is 0 Å². The minimum absolute atomic E-state index is 0.404. The van der Waals surface area contributed by atoms with Gasteiger partial charge in [-0.1, -0.05) is 43.7 Å². The Labute approximate surface area is 119 Å². The summed E-state index contributed by atoms with van der Waals surface area (Å²) in [5.74, 6) is -2.63. The van der Waals surface area contributed by atoms with Gasteiger partial charge >= 0.3 is 11.9 Å². The summed E-state index contributed by atoms with van der Waals surface area (Å²) in [6.45, 7) is 1.94. The molecule has 0 aliphatic carbocycles. The molecular formula is C16H22O4. The fourth-order valence-corrected chi connectivity index (χ4v) is 2.35. The van der Waals surface area contributed by atoms with Gasteiger partial charge in [-0.15, -0.1) is 0 Å². The Kier molecular flexibility index (Phi) is 6.77. The molecule has 0 aliphatic rings. The van der Waals surface area contributed by atoms with Gasteiger partial charge in [-0.25, -0.2) is 0 Å². The molecule has 0 spiro atoms. The number of hydrogen-bond donors (Lipinski definition) is 2. The largest absolute Gasteiger partial charge is 0.481 e. The van der Waals surface area contributed by atoms with Crippen LogP contribution in [0.4, 0.5) is 0 Å². The van der Waals surface area contributed by atoms with Crippen LogP contribution in [0.25, 0.3) is 0 Å². The second-order valence-electron chi connectivity index (χ2n) is 5.13. The van der Waals surface area contributed by atoms with Gasteiger partial charge in [0.1, 0.15) is 0 Å². The average molecular weight is 278 g/mol. The van der Waals surface area contributed by atoms with Crippen molar-refractivity contribution < 1.29 is 19.8 Å². The second-order valence-corrected chi connectivity index (χ2v) is 5.13. The van der Waals surface area contributed by atoms with E-state index in [4.69, 9.17) is 5.11 Å². The van der Waals surface area contributed by atoms with Crippen molar-refractivity contribution in [3.63, 3.8) is 0 Å². The number of carbonyl (C=O) groups is 2. The molecule has 4 nitrogen and oxygen atoms in total. The number of carboxylic acids is 2. The molecule has 2 atom stereocenters. The van der Waals surface area contributed by atoms with Crippen LogP contribution in [0.2, 0.25) is 0 Å². The van der Waals surface area contributed by atoms with E-state index >= 15 is 0 Å². The normalized spacial score (nSPS) is 13.7. The van der Waals surface area contributed by atoms with Crippen molar-refractivity contribution in [2.45, 2.75) is 39.0 Å². The van der Waals surface area contributed by atoms with Gasteiger partial charge in [0.2, 0.25) is 0 Å². The smallest absolute Gasteiger partial charge is 0.306 e. The molecule has 0 radical (unpaired) electrons. The minimum atomic E-state index is -0.852. The lowest BCUT2D eigenvalue weighted by molar-refractivity contribution is -0.145. The van der Waals surface area contributed by atoms with Crippen LogP contribution in [0.3, 0.4) is 0 Å². The molecule has 0 amide bonds. The predicted molar refractivity (Wildman–Crippen MR) is 76.5 cm³/mol. The summed E-state index contributed by atoms with van der Waals surface area (Å²) in [6.07, 6.45) is 2.68. The summed E-state index contributed by atoms with van der Waals surface area (Å²) < 4.78 is 0. The monoisotopic (exact) mass is 278 g/mol. The van der Waals surface area contributed by atoms with Gasteiger partial charge < -0.3 is 10.2 Å². The predicted octanol–water partition coefficient (Wildman–Crippen LogP) is 3.21. The molecule has 0 saturated heterocycles. The lowest BCUT2D eigenvalue weighted by Crippen LogP contribution is -2.20. The number of hydrogen-bond acceptors (Lipinski definition) is 2. The molecule has 0 saturated carbocycles. The van der Waals surface area contributed by atoms with Crippen LogP contribution in [-0.4, -0.2) is 22.2 Å². The van der Waals surface area contributed by atoms with Crippen molar-refractivity contribution in [3.8, 4) is 0 Å². The zero-order chi connectivity index (χ0) is 15.0. The average Bonchev–Trinajstić information content (AvgIpc) is 2.42. The molecule has 1 aromatic carbocycles. The molecule has 0 fully saturated rings. The Hall–Kier alpha value is -1.84. The van der Waals surface area contributed by atoms with Crippen molar-refractivity contribution in [1.29, 1.82) is 0 Å². The zero-order valence-electron chi connectivity index (χ0n) is 11.8. The summed E-state index contributed by atoms with van der Waals surface area (Å²) in [6, 6.07) is 9.45. The minimum Gasteiger partial charge on any atom is -0.481 e. The molecular weight excluding hydrogens is 256 g/mol. The van der Waals surface area contributed by atoms with Gasteiger partial charge in [0.05, 0.1) is 11.8 Å². The SMILES string of the molecule is CCC[C@@H](CC[C@H](Cc1ccccc1)C(=O)O)C(=O)O. The zero-order valence-corrected chi connectivity index (χ0v) is 11.8. The van der Waals surface area contributed by atoms with Crippen LogP contribution >= 0.6 is 0 Å². The van der Waals surface area contributed by atoms with Gasteiger partial charge in [0.25, 0.3) is 0 Å². The quantitative estimate of drug-likeness (QED) is 0.727. The van der Waals surface area contributed by atoms with Crippen LogP contribution in [-0.2, 0) is 16.0 Å². The maximum Gasteiger partial charge on any atom is 0.306 e. The van der Waals surface area contributed by atoms with E-state index in [1.165, 1.54) is 0 Å². The van der Waals surface area contributed by atoms with Crippen molar-refractivity contribution in [2.75, 3.05) is 0 Å². The molecule has 0 aliphatic heterocycles. The summed E-state index contributed by atoms with van der Waals surface area (Å²) >= 11 is 0. The first-order chi connectivity index (χ1) is 9.54. The van der Waals surface area contributed by atoms with Crippen molar-refractivity contribution in [3.05, 3.63) is 35.9 Å². The molecule has 0 aromatic heterocycles. The topological polar surface area (TPSA) is 74.6 Å². The highest BCUT2D eigenvalue weighted by Gasteiger charge is 2.22. The van der Waals surface area contributed by atoms with Crippen molar-refractivity contribution in [2.24, 2.45) is 11.8 Å². The first-order valence-electron chi connectivity index (χ1n) is 7.04. The fourth-order valence-electron chi connectivity index (χ4n) is 2.35. The van der Waals surface area contributed by atoms with Crippen LogP contribution in [0.5, 0.6) is 0 Å². The Bertz CT molecular complexity index is 427. The number of carboxylic acid groups (broad SMARTS) is 2. The number of rotatable bonds is 9. The van der Waals surface area contributed by atoms with Crippen molar-refractivity contribution >= 4 is 11.9 Å². The summed E-state index contributed by atoms with van der Waals surface area (Å²) in [5.41, 5.74) is 0.974. The molecule has 1 aromatic rings. The number of aliphatic carboxylic acids is 2. The van der Waals surface area contributed by atoms with E-state index in [1.54, 1.807) is 0 Å². The van der Waals surface area contributed by atoms with Gasteiger partial charge in [-0.05, 0) is 31.2 Å². The summed E-state index contributed by atoms with van der Waals surface area (Å²) in [7, 11) is 0. The lowest BCUT2D eigenvalue weighted by atomic mass is 9.89. The highest BCUT2D eigenvalue weighted by Crippen LogP contribution is 2.21. The Morgan fingerprint density at radius 3 is 2.00 bits per heavy atom. The molecule has 20 heavy (non-hydrogen) atoms. The van der Waals surface area contributed by atoms with Crippen molar-refractivity contribution in [1.82, 2.24) is 0 Å². The molecule has 0 bridgehead atoms. The Balaban J connectivity index is 2.59. The van der Waals surface area contributed by atoms with Gasteiger partial charge in [0, 0.05) is 0 Å². The van der Waals surface area contributed by atoms with E-state index in [0.717, 1.165) is 12.0 Å². The van der Waals surface area contributed by atoms with Crippen LogP contribution in [0.15, 0.2) is 30.3 Å². The third kappa shape index (κ3) is 5.43. The molecule has 1 rings (SSSR count). The van der Waals surface area contributed by atoms with Crippen LogP contribution in [0, 0.1) is 11.8 Å². The molecule has 110 valence electrons. The van der Waals surface area contributed by atoms with Gasteiger partial charge in [-0.2, -0.15) is 0 Å². The van der Waals surface area contributed by atoms with E-state index in [1.807, 2.05) is 37.3 Å². The summed E-state index contributed by atoms with van der Waals surface area (Å²) in [4.78, 5) is 22.4. The maximum atomic E-state index is 11.3. The summed E-state index contributed by atoms with van der Waals surface area (Å²) in [5, 5.41) is 18.4. The van der Waals surface area contributed by atoms with Gasteiger partial charge in [-0.3, -0.25) is 9.59 Å². The van der Waals surface area contributed by atoms with Crippen LogP contribution in [0.1, 0.15) is 38.2 Å². The third-order valence-corrected chi connectivity index (χ3v) is 3.52. The standard InChI is InChI=1S/C16H22O4/c1-2-6-13(15(17)18)9-10-14(16(19)20)11-12-7-4-3-5-8-12/h3-5,7-8,13-14H,2,6,9-11H2,1H3,(H,17,18)(H,19,20)/t13-,14+/m0/s1. The highest BCUT2D eigenvalue weighted by atomic mass is 16.4. The molecule has 0 heterocycles. The first kappa shape index (κ1) is 16.2. The first-order valence-corrected chi connectivity index (χ1v) is 7.04. The Morgan fingerprint density at radius 2 is 1.50 bits per heavy atom. The molecule has 2 N–H and O–H groups in total. The second kappa shape index (κ2) is 8.35. The van der Waals surface area contributed by atoms with E-state index in [2.05, 4.69) is 0 Å². The third-order valence-electron chi connectivity index (χ3n) is 3.52. The van der Waals surface area contributed by atoms with E-state index in [9.17, 15) is 14.7 Å². The van der Waals surface area contributed by atoms with E-state index in [-0.39, 0.29) is 0 Å². The highest BCUT2D eigenvalue weighted by molar-refractivity contribution is 5.71. The van der Waals surface area contributed by atoms with Crippen LogP contribution < -0.4 is 0 Å². The molecule has 4 heteroatoms. The Morgan fingerprint density at radius 1 is 0.950 bits per heavy atom.